The van der Waals surface area contributed by atoms with E-state index in [-0.39, 0.29) is 10.3 Å². The average molecular weight is 391 g/mol. The van der Waals surface area contributed by atoms with Crippen molar-refractivity contribution in [1.82, 2.24) is 4.98 Å². The zero-order valence-electron chi connectivity index (χ0n) is 13.9. The third-order valence-electron chi connectivity index (χ3n) is 2.16. The van der Waals surface area contributed by atoms with Crippen LogP contribution < -0.4 is 4.90 Å². The fraction of sp³-hybridized carbons (Fsp3) is 0.533. The maximum Gasteiger partial charge on any atom is 0.424 e. The minimum atomic E-state index is -0.968. The highest BCUT2D eigenvalue weighted by Crippen LogP contribution is 2.24. The molecule has 0 spiro atoms. The number of nitrogens with zero attached hydrogens (tertiary/aromatic N) is 2. The number of aromatic nitrogens is 1. The van der Waals surface area contributed by atoms with Gasteiger partial charge in [0.2, 0.25) is 5.95 Å². The first-order chi connectivity index (χ1) is 10.3. The minimum Gasteiger partial charge on any atom is -0.443 e. The molecule has 2 amide bonds. The van der Waals surface area contributed by atoms with E-state index in [2.05, 4.69) is 20.9 Å². The Balaban J connectivity index is 3.25. The Morgan fingerprint density at radius 1 is 1.04 bits per heavy atom. The van der Waals surface area contributed by atoms with Gasteiger partial charge in [-0.3, -0.25) is 0 Å². The minimum absolute atomic E-state index is 0.0483. The van der Waals surface area contributed by atoms with Gasteiger partial charge in [-0.2, -0.15) is 9.29 Å². The number of ether oxygens (including phenoxy) is 2. The van der Waals surface area contributed by atoms with Crippen molar-refractivity contribution < 1.29 is 23.5 Å². The van der Waals surface area contributed by atoms with E-state index in [1.54, 1.807) is 41.5 Å². The van der Waals surface area contributed by atoms with Crippen molar-refractivity contribution in [2.75, 3.05) is 4.90 Å². The van der Waals surface area contributed by atoms with Crippen LogP contribution in [0.1, 0.15) is 41.5 Å². The van der Waals surface area contributed by atoms with Crippen LogP contribution in [0.5, 0.6) is 0 Å². The fourth-order valence-electron chi connectivity index (χ4n) is 1.48. The molecule has 0 aliphatic rings. The van der Waals surface area contributed by atoms with E-state index in [1.165, 1.54) is 6.07 Å². The van der Waals surface area contributed by atoms with E-state index in [0.717, 1.165) is 6.07 Å². The van der Waals surface area contributed by atoms with Crippen molar-refractivity contribution >= 4 is 33.8 Å². The van der Waals surface area contributed by atoms with E-state index >= 15 is 0 Å². The molecule has 1 heterocycles. The van der Waals surface area contributed by atoms with Crippen LogP contribution in [0, 0.1) is 5.95 Å². The highest BCUT2D eigenvalue weighted by atomic mass is 79.9. The Labute approximate surface area is 143 Å². The van der Waals surface area contributed by atoms with Gasteiger partial charge in [0.25, 0.3) is 0 Å². The van der Waals surface area contributed by atoms with Crippen molar-refractivity contribution in [3.8, 4) is 0 Å². The first-order valence-electron chi connectivity index (χ1n) is 6.88. The second kappa shape index (κ2) is 6.82. The zero-order chi connectivity index (χ0) is 18.0. The summed E-state index contributed by atoms with van der Waals surface area (Å²) in [5.74, 6) is -0.855. The molecule has 0 aliphatic heterocycles. The lowest BCUT2D eigenvalue weighted by molar-refractivity contribution is 0.0430. The third-order valence-corrected chi connectivity index (χ3v) is 2.56. The number of carbonyl (C=O) groups excluding carboxylic acids is 2. The Morgan fingerprint density at radius 2 is 1.48 bits per heavy atom. The number of carbonyl (C=O) groups is 2. The topological polar surface area (TPSA) is 68.7 Å². The number of hydrogen-bond acceptors (Lipinski definition) is 5. The number of halogens is 2. The summed E-state index contributed by atoms with van der Waals surface area (Å²) in [6.45, 7) is 9.92. The van der Waals surface area contributed by atoms with Gasteiger partial charge in [-0.1, -0.05) is 0 Å². The van der Waals surface area contributed by atoms with E-state index < -0.39 is 29.3 Å². The van der Waals surface area contributed by atoms with Crippen LogP contribution in [0.15, 0.2) is 16.7 Å². The number of rotatable bonds is 1. The lowest BCUT2D eigenvalue weighted by atomic mass is 10.2. The molecule has 0 bridgehead atoms. The van der Waals surface area contributed by atoms with Gasteiger partial charge < -0.3 is 9.47 Å². The maximum atomic E-state index is 13.5. The second-order valence-electron chi connectivity index (χ2n) is 6.77. The van der Waals surface area contributed by atoms with Crippen LogP contribution in [0.3, 0.4) is 0 Å². The Hall–Kier alpha value is -1.70. The number of pyridine rings is 1. The molecule has 0 N–H and O–H groups in total. The molecule has 0 fully saturated rings. The standard InChI is InChI=1S/C15H20BrFN2O4/c1-14(2,3)22-12(20)19(13(21)23-15(4,5)6)9-7-10(16)18-11(17)8-9/h7-8H,1-6H3. The number of hydrogen-bond donors (Lipinski definition) is 0. The molecule has 0 aliphatic carbocycles. The molecule has 6 nitrogen and oxygen atoms in total. The normalized spacial score (nSPS) is 11.8. The van der Waals surface area contributed by atoms with Crippen LogP contribution >= 0.6 is 15.9 Å². The monoisotopic (exact) mass is 390 g/mol. The highest BCUT2D eigenvalue weighted by molar-refractivity contribution is 9.10. The second-order valence-corrected chi connectivity index (χ2v) is 7.58. The van der Waals surface area contributed by atoms with Gasteiger partial charge in [0, 0.05) is 6.07 Å². The first-order valence-corrected chi connectivity index (χ1v) is 7.67. The average Bonchev–Trinajstić information content (AvgIpc) is 2.21. The van der Waals surface area contributed by atoms with Crippen molar-refractivity contribution in [2.24, 2.45) is 0 Å². The number of amides is 2. The van der Waals surface area contributed by atoms with Crippen LogP contribution in [0.2, 0.25) is 0 Å². The van der Waals surface area contributed by atoms with E-state index in [1.807, 2.05) is 0 Å². The van der Waals surface area contributed by atoms with Crippen molar-refractivity contribution in [3.63, 3.8) is 0 Å². The molecule has 0 radical (unpaired) electrons. The van der Waals surface area contributed by atoms with Crippen molar-refractivity contribution in [1.29, 1.82) is 0 Å². The van der Waals surface area contributed by atoms with Crippen LogP contribution in [0.4, 0.5) is 19.7 Å². The molecule has 128 valence electrons. The summed E-state index contributed by atoms with van der Waals surface area (Å²) in [6.07, 6.45) is -1.94. The van der Waals surface area contributed by atoms with Crippen LogP contribution in [-0.4, -0.2) is 28.4 Å². The Morgan fingerprint density at radius 3 is 1.83 bits per heavy atom. The predicted molar refractivity (Wildman–Crippen MR) is 86.8 cm³/mol. The molecule has 1 aromatic heterocycles. The van der Waals surface area contributed by atoms with Crippen LogP contribution in [0.25, 0.3) is 0 Å². The SMILES string of the molecule is CC(C)(C)OC(=O)N(C(=O)OC(C)(C)C)c1cc(F)nc(Br)c1. The van der Waals surface area contributed by atoms with Gasteiger partial charge in [0.1, 0.15) is 15.8 Å². The summed E-state index contributed by atoms with van der Waals surface area (Å²) in [5.41, 5.74) is -1.71. The summed E-state index contributed by atoms with van der Waals surface area (Å²) < 4.78 is 24.0. The van der Waals surface area contributed by atoms with Gasteiger partial charge in [0.05, 0.1) is 5.69 Å². The summed E-state index contributed by atoms with van der Waals surface area (Å²) in [4.78, 5) is 28.8. The van der Waals surface area contributed by atoms with Gasteiger partial charge in [-0.15, -0.1) is 0 Å². The van der Waals surface area contributed by atoms with Gasteiger partial charge in [-0.05, 0) is 63.5 Å². The van der Waals surface area contributed by atoms with Crippen molar-refractivity contribution in [2.45, 2.75) is 52.7 Å². The lowest BCUT2D eigenvalue weighted by Crippen LogP contribution is -2.43. The van der Waals surface area contributed by atoms with Crippen molar-refractivity contribution in [3.05, 3.63) is 22.7 Å². The Kier molecular flexibility index (Phi) is 5.74. The summed E-state index contributed by atoms with van der Waals surface area (Å²) in [6, 6.07) is 2.26. The molecular formula is C15H20BrFN2O4. The summed E-state index contributed by atoms with van der Waals surface area (Å²) in [5, 5.41) is 0. The van der Waals surface area contributed by atoms with E-state index in [9.17, 15) is 14.0 Å². The molecule has 0 aromatic carbocycles. The maximum absolute atomic E-state index is 13.5. The largest absolute Gasteiger partial charge is 0.443 e. The number of anilines is 1. The predicted octanol–water partition coefficient (Wildman–Crippen LogP) is 4.66. The Bertz CT molecular complexity index is 560. The van der Waals surface area contributed by atoms with Gasteiger partial charge in [0.15, 0.2) is 0 Å². The third kappa shape index (κ3) is 6.52. The first kappa shape index (κ1) is 19.3. The molecule has 0 saturated heterocycles. The molecular weight excluding hydrogens is 371 g/mol. The molecule has 0 atom stereocenters. The lowest BCUT2D eigenvalue weighted by Gasteiger charge is -2.28. The molecule has 1 aromatic rings. The molecule has 0 saturated carbocycles. The quantitative estimate of drug-likeness (QED) is 0.652. The van der Waals surface area contributed by atoms with Gasteiger partial charge >= 0.3 is 12.2 Å². The molecule has 1 rings (SSSR count). The highest BCUT2D eigenvalue weighted by Gasteiger charge is 2.33. The van der Waals surface area contributed by atoms with E-state index in [0.29, 0.717) is 4.90 Å². The molecule has 0 unspecified atom stereocenters. The molecule has 23 heavy (non-hydrogen) atoms. The summed E-state index contributed by atoms with van der Waals surface area (Å²) in [7, 11) is 0. The summed E-state index contributed by atoms with van der Waals surface area (Å²) >= 11 is 3.02. The smallest absolute Gasteiger partial charge is 0.424 e. The zero-order valence-corrected chi connectivity index (χ0v) is 15.5. The van der Waals surface area contributed by atoms with Gasteiger partial charge in [-0.25, -0.2) is 14.6 Å². The molecule has 8 heteroatoms. The van der Waals surface area contributed by atoms with E-state index in [4.69, 9.17) is 9.47 Å². The fourth-order valence-corrected chi connectivity index (χ4v) is 1.89. The number of imide groups is 1. The van der Waals surface area contributed by atoms with Crippen LogP contribution in [-0.2, 0) is 9.47 Å².